The van der Waals surface area contributed by atoms with Crippen LogP contribution in [-0.4, -0.2) is 179 Å². The highest BCUT2D eigenvalue weighted by atomic mass is 32.2. The highest BCUT2D eigenvalue weighted by Gasteiger charge is 2.42. The van der Waals surface area contributed by atoms with Crippen molar-refractivity contribution in [1.29, 1.82) is 0 Å². The molecule has 5 heterocycles. The van der Waals surface area contributed by atoms with Crippen molar-refractivity contribution in [1.82, 2.24) is 55.6 Å². The number of thioether (sulfide) groups is 1. The van der Waals surface area contributed by atoms with E-state index in [4.69, 9.17) is 9.47 Å². The van der Waals surface area contributed by atoms with Gasteiger partial charge >= 0.3 is 36.4 Å². The minimum atomic E-state index is -4.73. The average molecular weight is 1130 g/mol. The van der Waals surface area contributed by atoms with E-state index in [1.165, 1.54) is 33.9 Å². The number of urea groups is 1. The summed E-state index contributed by atoms with van der Waals surface area (Å²) in [6.45, 7) is 1.26. The summed E-state index contributed by atoms with van der Waals surface area (Å²) >= 11 is 1.86. The number of carbonyl (C=O) groups is 3. The topological polar surface area (TPSA) is 403 Å². The molecule has 0 aliphatic carbocycles. The Morgan fingerprint density at radius 3 is 1.67 bits per heavy atom. The van der Waals surface area contributed by atoms with E-state index >= 15 is 0 Å². The molecule has 3 aromatic rings. The van der Waals surface area contributed by atoms with Gasteiger partial charge in [0.05, 0.1) is 49.9 Å². The van der Waals surface area contributed by atoms with Gasteiger partial charge in [0.1, 0.15) is 25.1 Å². The highest BCUT2D eigenvalue weighted by molar-refractivity contribution is 8.00. The van der Waals surface area contributed by atoms with Gasteiger partial charge in [-0.1, -0.05) is 18.3 Å². The second-order valence-electron chi connectivity index (χ2n) is 17.3. The lowest BCUT2D eigenvalue weighted by Gasteiger charge is -2.21. The normalized spacial score (nSPS) is 17.1. The largest absolute Gasteiger partial charge is 0.377 e. The summed E-state index contributed by atoms with van der Waals surface area (Å²) in [5.74, 6) is 7.14. The van der Waals surface area contributed by atoms with Crippen LogP contribution in [0, 0.1) is 11.8 Å². The molecule has 2 fully saturated rings. The van der Waals surface area contributed by atoms with Crippen LogP contribution in [0.15, 0.2) is 36.7 Å². The monoisotopic (exact) mass is 1130 g/mol. The van der Waals surface area contributed by atoms with Crippen molar-refractivity contribution in [2.45, 2.75) is 81.8 Å². The standard InChI is InChI=1S/C40H63N11O17P4S/c52-37(41-13-17-67-19-20-68-18-14-42-38(53)10-6-5-8-34-39-33(25-73-34)43-40(54)45-39)9-4-2-1-3-7-30-21-35(50-15-11-31(46-50)23-48(26-69(55,56)57)27-70(58,59)60)44-36(22-30)51-16-12-32(47-51)24-49(28-71(61,62)63)29-72(64,65)66/h11-12,15-16,21-22,33-34,39H,1-2,4-6,8-10,13-14,17-20,23-29H2,(H,41,52)(H,42,53)(H2,43,45,54)(H2,55,56,57)(H2,58,59,60)(H2,61,62,63)(H2,64,65,66)/t33-,34-,39-/m0/s1. The molecular formula is C40H63N11O17P4S. The van der Waals surface area contributed by atoms with E-state index < -0.39 is 55.5 Å². The Balaban J connectivity index is 1.05. The molecule has 3 aromatic heterocycles. The predicted molar refractivity (Wildman–Crippen MR) is 264 cm³/mol. The first-order chi connectivity index (χ1) is 34.4. The number of ether oxygens (including phenoxy) is 2. The van der Waals surface area contributed by atoms with E-state index in [2.05, 4.69) is 48.3 Å². The summed E-state index contributed by atoms with van der Waals surface area (Å²) in [4.78, 5) is 118. The first-order valence-electron chi connectivity index (χ1n) is 23.0. The van der Waals surface area contributed by atoms with Crippen LogP contribution < -0.4 is 21.3 Å². The maximum Gasteiger partial charge on any atom is 0.339 e. The zero-order valence-electron chi connectivity index (χ0n) is 39.6. The van der Waals surface area contributed by atoms with E-state index in [1.54, 1.807) is 12.1 Å². The summed E-state index contributed by atoms with van der Waals surface area (Å²) in [6.07, 6.45) is 3.93. The van der Waals surface area contributed by atoms with Crippen LogP contribution in [0.1, 0.15) is 68.3 Å². The Bertz CT molecular complexity index is 2420. The van der Waals surface area contributed by atoms with E-state index in [9.17, 15) is 71.8 Å². The Morgan fingerprint density at radius 1 is 0.712 bits per heavy atom. The molecule has 73 heavy (non-hydrogen) atoms. The van der Waals surface area contributed by atoms with Gasteiger partial charge in [-0.05, 0) is 49.9 Å². The molecule has 0 spiro atoms. The third-order valence-corrected chi connectivity index (χ3v) is 15.2. The van der Waals surface area contributed by atoms with Gasteiger partial charge in [-0.25, -0.2) is 19.1 Å². The molecule has 28 nitrogen and oxygen atoms in total. The summed E-state index contributed by atoms with van der Waals surface area (Å²) in [5.41, 5.74) is 0.757. The summed E-state index contributed by atoms with van der Waals surface area (Å²) in [6, 6.07) is 6.29. The van der Waals surface area contributed by atoms with Crippen LogP contribution in [0.25, 0.3) is 11.6 Å². The number of nitrogens with one attached hydrogen (secondary N) is 4. The van der Waals surface area contributed by atoms with Crippen LogP contribution >= 0.6 is 42.1 Å². The molecule has 0 unspecified atom stereocenters. The first kappa shape index (κ1) is 60.0. The third kappa shape index (κ3) is 23.7. The fourth-order valence-electron chi connectivity index (χ4n) is 7.71. The van der Waals surface area contributed by atoms with E-state index in [0.717, 1.165) is 34.8 Å². The van der Waals surface area contributed by atoms with E-state index in [0.29, 0.717) is 69.4 Å². The number of fused-ring (bicyclic) bond motifs is 1. The Hall–Kier alpha value is -3.87. The molecule has 2 saturated heterocycles. The Morgan fingerprint density at radius 2 is 1.19 bits per heavy atom. The molecule has 4 amide bonds. The number of pyridine rings is 1. The molecule has 5 rings (SSSR count). The number of carbonyl (C=O) groups excluding carboxylic acids is 3. The molecule has 2 aliphatic rings. The SMILES string of the molecule is O=C(CCCCC#Cc1cc(-n2ccc(CN(CP(=O)(O)O)CP(=O)(O)O)n2)nc(-n2ccc(CN(CP(=O)(O)O)CP(=O)(O)O)n2)c1)NCCOCCOCCNC(=O)CCCC[C@@H]1SC[C@@H]2NC(=O)N[C@@H]21. The number of amides is 4. The molecule has 2 aliphatic heterocycles. The zero-order chi connectivity index (χ0) is 53.2. The number of hydrogen-bond acceptors (Lipinski definition) is 15. The van der Waals surface area contributed by atoms with Gasteiger partial charge in [-0.2, -0.15) is 22.0 Å². The van der Waals surface area contributed by atoms with Gasteiger partial charge in [0.2, 0.25) is 11.8 Å². The molecule has 0 aromatic carbocycles. The summed E-state index contributed by atoms with van der Waals surface area (Å²) in [5, 5.41) is 20.7. The van der Waals surface area contributed by atoms with Gasteiger partial charge in [-0.3, -0.25) is 37.6 Å². The van der Waals surface area contributed by atoms with Crippen molar-refractivity contribution >= 4 is 60.0 Å². The fourth-order valence-corrected chi connectivity index (χ4v) is 12.5. The quantitative estimate of drug-likeness (QED) is 0.0175. The molecule has 12 N–H and O–H groups in total. The van der Waals surface area contributed by atoms with Crippen molar-refractivity contribution in [3.63, 3.8) is 0 Å². The number of hydrogen-bond donors (Lipinski definition) is 12. The smallest absolute Gasteiger partial charge is 0.339 e. The maximum absolute atomic E-state index is 12.4. The molecule has 0 bridgehead atoms. The van der Waals surface area contributed by atoms with Gasteiger partial charge in [-0.15, -0.1) is 0 Å². The van der Waals surface area contributed by atoms with Crippen LogP contribution in [0.5, 0.6) is 0 Å². The maximum atomic E-state index is 12.4. The van der Waals surface area contributed by atoms with Crippen molar-refractivity contribution < 1.29 is 81.3 Å². The molecule has 0 saturated carbocycles. The lowest BCUT2D eigenvalue weighted by molar-refractivity contribution is -0.122. The summed E-state index contributed by atoms with van der Waals surface area (Å²) < 4.78 is 60.5. The van der Waals surface area contributed by atoms with Crippen LogP contribution in [0.3, 0.4) is 0 Å². The van der Waals surface area contributed by atoms with Gasteiger partial charge < -0.3 is 69.9 Å². The number of rotatable bonds is 32. The summed E-state index contributed by atoms with van der Waals surface area (Å²) in [7, 11) is -18.9. The number of nitrogens with zero attached hydrogens (tertiary/aromatic N) is 7. The second kappa shape index (κ2) is 28.3. The van der Waals surface area contributed by atoms with Crippen molar-refractivity contribution in [2.24, 2.45) is 0 Å². The molecule has 406 valence electrons. The van der Waals surface area contributed by atoms with Gasteiger partial charge in [0.25, 0.3) is 0 Å². The van der Waals surface area contributed by atoms with Gasteiger partial charge in [0, 0.05) is 74.4 Å². The highest BCUT2D eigenvalue weighted by Crippen LogP contribution is 2.42. The number of unbranched alkanes of at least 4 members (excludes halogenated alkanes) is 3. The van der Waals surface area contributed by atoms with Gasteiger partial charge in [0.15, 0.2) is 11.6 Å². The molecule has 0 radical (unpaired) electrons. The average Bonchev–Trinajstić information content (AvgIpc) is 4.08. The van der Waals surface area contributed by atoms with E-state index in [-0.39, 0.29) is 79.1 Å². The Labute approximate surface area is 424 Å². The van der Waals surface area contributed by atoms with Crippen molar-refractivity contribution in [3.8, 4) is 23.5 Å². The molecule has 3 atom stereocenters. The van der Waals surface area contributed by atoms with Crippen LogP contribution in [0.2, 0.25) is 0 Å². The minimum absolute atomic E-state index is 0.0309. The lowest BCUT2D eigenvalue weighted by atomic mass is 10.0. The van der Waals surface area contributed by atoms with Crippen molar-refractivity contribution in [2.75, 3.05) is 70.4 Å². The second-order valence-corrected chi connectivity index (χ2v) is 25.0. The van der Waals surface area contributed by atoms with Crippen molar-refractivity contribution in [3.05, 3.63) is 53.6 Å². The van der Waals surface area contributed by atoms with E-state index in [1.807, 2.05) is 11.8 Å². The molecule has 33 heteroatoms. The van der Waals surface area contributed by atoms with Crippen LogP contribution in [0.4, 0.5) is 4.79 Å². The minimum Gasteiger partial charge on any atom is -0.377 e. The lowest BCUT2D eigenvalue weighted by Crippen LogP contribution is -2.36. The first-order valence-corrected chi connectivity index (χ1v) is 31.2. The third-order valence-electron chi connectivity index (χ3n) is 10.6. The fraction of sp³-hybridized carbons (Fsp3) is 0.600. The zero-order valence-corrected chi connectivity index (χ0v) is 44.0. The number of aromatic nitrogens is 5. The Kier molecular flexibility index (Phi) is 23.3. The molecular weight excluding hydrogens is 1060 g/mol. The predicted octanol–water partition coefficient (Wildman–Crippen LogP) is 0.501. The van der Waals surface area contributed by atoms with Crippen LogP contribution in [-0.2, 0) is 50.4 Å².